The van der Waals surface area contributed by atoms with E-state index in [2.05, 4.69) is 37.2 Å². The fourth-order valence-electron chi connectivity index (χ4n) is 12.5. The Balaban J connectivity index is 1.24. The van der Waals surface area contributed by atoms with Crippen molar-refractivity contribution in [3.05, 3.63) is 117 Å². The maximum absolute atomic E-state index is 16.0. The van der Waals surface area contributed by atoms with E-state index in [1.54, 1.807) is 0 Å². The number of ether oxygens (including phenoxy) is 6. The number of rotatable bonds is 13. The summed E-state index contributed by atoms with van der Waals surface area (Å²) in [6, 6.07) is -0.679. The predicted molar refractivity (Wildman–Crippen MR) is 349 cm³/mol. The van der Waals surface area contributed by atoms with Gasteiger partial charge in [-0.2, -0.15) is 0 Å². The number of aliphatic hydroxyl groups is 6. The molecule has 542 valence electrons. The van der Waals surface area contributed by atoms with Gasteiger partial charge in [-0.05, 0) is 110 Å². The normalized spacial score (nSPS) is 29.4. The van der Waals surface area contributed by atoms with E-state index >= 15 is 14.4 Å². The third-order valence-electron chi connectivity index (χ3n) is 17.8. The van der Waals surface area contributed by atoms with Crippen LogP contribution in [0.5, 0.6) is 46.0 Å². The average Bonchev–Trinajstić information content (AvgIpc) is 0.775. The van der Waals surface area contributed by atoms with Gasteiger partial charge in [0.15, 0.2) is 29.9 Å². The van der Waals surface area contributed by atoms with Crippen molar-refractivity contribution in [2.24, 2.45) is 17.4 Å². The molecule has 0 radical (unpaired) electrons. The summed E-state index contributed by atoms with van der Waals surface area (Å²) in [5.41, 5.74) is 8.00. The number of nitrogens with two attached hydrogens (primary N) is 2. The molecule has 5 aromatic carbocycles. The summed E-state index contributed by atoms with van der Waals surface area (Å²) in [6.07, 6.45) is -18.6. The molecule has 12 rings (SSSR count). The third-order valence-corrected chi connectivity index (χ3v) is 18.4. The van der Waals surface area contributed by atoms with Crippen molar-refractivity contribution in [2.45, 2.75) is 156 Å². The summed E-state index contributed by atoms with van der Waals surface area (Å²) in [5, 5.41) is 131. The van der Waals surface area contributed by atoms with Crippen LogP contribution in [0.1, 0.15) is 105 Å². The quantitative estimate of drug-likeness (QED) is 0.0743. The topological polar surface area (TPSA) is 530 Å². The molecular formula is C66H75Cl2N9O24. The first-order valence-corrected chi connectivity index (χ1v) is 32.4. The maximum Gasteiger partial charge on any atom is 0.330 e. The molecule has 0 spiro atoms. The molecule has 2 saturated heterocycles. The minimum absolute atomic E-state index is 0.0975. The fourth-order valence-corrected chi connectivity index (χ4v) is 12.9. The maximum atomic E-state index is 16.0. The van der Waals surface area contributed by atoms with E-state index < -0.39 is 237 Å². The summed E-state index contributed by atoms with van der Waals surface area (Å²) >= 11 is 14.1. The van der Waals surface area contributed by atoms with Crippen LogP contribution in [0.4, 0.5) is 0 Å². The number of aliphatic hydroxyl groups excluding tert-OH is 6. The van der Waals surface area contributed by atoms with Gasteiger partial charge in [0.1, 0.15) is 89.5 Å². The van der Waals surface area contributed by atoms with Gasteiger partial charge in [-0.25, -0.2) is 4.79 Å². The number of amides is 7. The smallest absolute Gasteiger partial charge is 0.330 e. The second kappa shape index (κ2) is 30.2. The highest BCUT2D eigenvalue weighted by molar-refractivity contribution is 6.32. The Morgan fingerprint density at radius 3 is 1.90 bits per heavy atom. The number of hydrogen-bond donors (Lipinski definition) is 19. The largest absolute Gasteiger partial charge is 0.508 e. The van der Waals surface area contributed by atoms with Crippen LogP contribution in [0.15, 0.2) is 78.9 Å². The first-order chi connectivity index (χ1) is 47.7. The third kappa shape index (κ3) is 15.8. The lowest BCUT2D eigenvalue weighted by atomic mass is 9.86. The number of carbonyl (C=O) groups is 8. The number of aromatic hydroxyl groups is 3. The highest BCUT2D eigenvalue weighted by Crippen LogP contribution is 2.50. The zero-order valence-corrected chi connectivity index (χ0v) is 55.8. The van der Waals surface area contributed by atoms with Crippen molar-refractivity contribution in [1.82, 2.24) is 37.2 Å². The van der Waals surface area contributed by atoms with E-state index in [4.69, 9.17) is 63.1 Å². The van der Waals surface area contributed by atoms with Gasteiger partial charge >= 0.3 is 5.97 Å². The number of likely N-dealkylation sites (N-methyl/N-ethyl adjacent to an activating group) is 1. The van der Waals surface area contributed by atoms with E-state index in [1.165, 1.54) is 33.0 Å². The Labute approximate surface area is 584 Å². The molecule has 7 aliphatic heterocycles. The van der Waals surface area contributed by atoms with Crippen molar-refractivity contribution in [1.29, 1.82) is 0 Å². The van der Waals surface area contributed by atoms with Crippen molar-refractivity contribution >= 4 is 70.5 Å². The summed E-state index contributed by atoms with van der Waals surface area (Å²) in [6.45, 7) is 5.66. The van der Waals surface area contributed by atoms with Crippen molar-refractivity contribution in [3.8, 4) is 57.1 Å². The van der Waals surface area contributed by atoms with Crippen LogP contribution in [-0.4, -0.2) is 191 Å². The molecule has 7 heterocycles. The molecule has 2 fully saturated rings. The summed E-state index contributed by atoms with van der Waals surface area (Å²) in [5.74, 6) is -16.0. The van der Waals surface area contributed by atoms with Crippen LogP contribution in [0.3, 0.4) is 0 Å². The Morgan fingerprint density at radius 1 is 0.713 bits per heavy atom. The van der Waals surface area contributed by atoms with E-state index in [0.717, 1.165) is 66.7 Å². The van der Waals surface area contributed by atoms with E-state index in [9.17, 15) is 75.0 Å². The van der Waals surface area contributed by atoms with Crippen LogP contribution in [-0.2, 0) is 52.6 Å². The molecule has 0 aliphatic carbocycles. The molecule has 35 heteroatoms. The molecule has 5 aromatic rings. The second-order valence-corrected chi connectivity index (χ2v) is 26.5. The first-order valence-electron chi connectivity index (χ1n) is 31.6. The number of nitrogens with one attached hydrogen (secondary N) is 7. The standard InChI is InChI=1S/C66H75Cl2N9O24/c1-23(2)12-34(71-5)58(88)76-49-51(83)26-7-10-38(32(67)14-26)97-40-16-28-17-41(55(40)101-65-56(54(86)53(85)42(22-78)99-65)100-44-21-66(4,70)57(87)24(3)96-44)98-39-11-8-27(15-33(39)68)52(84)50-63(93)75-48(64(94)95)31-18-29(79)19-37(81)45(31)30-13-25(6-9-36(30)80)46(60(90)77-50)74-61(91)47(28)73-59(89)35(20-43(69)82)72-62(49)92/h6-11,13-19,23-24,34-35,42,44,46-54,56-57,65,71,78-81,83-87H,12,20-22,70H2,1-5H3,(H2,69,82)(H,72,92)(H,73,89)(H,74,91)(H,75,93)(H,76,88)(H,77,90)(H,94,95)/t24-,34+,35-,42?,44-,46+,47+,48-,49+,50-,51+,52+,53?,54?,56?,57+,65-,66+/m0/s1. The summed E-state index contributed by atoms with van der Waals surface area (Å²) in [4.78, 5) is 117. The molecule has 11 bridgehead atoms. The number of hydrogen-bond acceptors (Lipinski definition) is 25. The highest BCUT2D eigenvalue weighted by atomic mass is 35.5. The van der Waals surface area contributed by atoms with Gasteiger partial charge in [0.05, 0.1) is 41.3 Å². The Hall–Kier alpha value is -9.20. The van der Waals surface area contributed by atoms with Crippen LogP contribution in [0.2, 0.25) is 10.0 Å². The number of fused-ring (bicyclic) bond motifs is 15. The van der Waals surface area contributed by atoms with E-state index in [-0.39, 0.29) is 46.2 Å². The molecule has 7 aliphatic rings. The number of primary amides is 1. The van der Waals surface area contributed by atoms with Gasteiger partial charge < -0.3 is 128 Å². The second-order valence-electron chi connectivity index (χ2n) is 25.7. The van der Waals surface area contributed by atoms with Gasteiger partial charge in [0.2, 0.25) is 53.4 Å². The zero-order chi connectivity index (χ0) is 73.5. The molecule has 4 unspecified atom stereocenters. The number of carboxylic acids is 1. The van der Waals surface area contributed by atoms with E-state index in [0.29, 0.717) is 0 Å². The molecule has 101 heavy (non-hydrogen) atoms. The molecule has 33 nitrogen and oxygen atoms in total. The lowest BCUT2D eigenvalue weighted by Gasteiger charge is -2.47. The summed E-state index contributed by atoms with van der Waals surface area (Å²) in [7, 11) is 1.47. The fraction of sp³-hybridized carbons (Fsp3) is 0.424. The molecule has 21 N–H and O–H groups in total. The summed E-state index contributed by atoms with van der Waals surface area (Å²) < 4.78 is 38.3. The molecule has 0 aromatic heterocycles. The Bertz CT molecular complexity index is 4070. The van der Waals surface area contributed by atoms with Gasteiger partial charge in [-0.1, -0.05) is 55.2 Å². The van der Waals surface area contributed by atoms with Crippen LogP contribution < -0.4 is 62.9 Å². The molecule has 0 saturated carbocycles. The molecular weight excluding hydrogens is 1370 g/mol. The molecule has 18 atom stereocenters. The van der Waals surface area contributed by atoms with Crippen LogP contribution in [0, 0.1) is 5.92 Å². The Morgan fingerprint density at radius 2 is 1.32 bits per heavy atom. The molecule has 7 amide bonds. The number of carbonyl (C=O) groups excluding carboxylic acids is 7. The van der Waals surface area contributed by atoms with Gasteiger partial charge in [0.25, 0.3) is 0 Å². The van der Waals surface area contributed by atoms with Gasteiger partial charge in [-0.3, -0.25) is 33.6 Å². The SMILES string of the molecule is CN[C@H](CC(C)C)C(=O)N[C@H]1C(=O)N[C@@H](CC(N)=O)C(=O)N[C@H]2C(=O)N[C@H]3C(=O)N[C@H](C(=O)N[C@H](C(=O)O)c4cc(O)cc(O)c4-c4cc3ccc4O)[C@H](O)c3ccc(c(Cl)c3)Oc3cc2cc(c3O[C@@H]2OC(CO)C(O)C(O)C2O[C@H]2C[C@@](C)(N)[C@H](O)[C@H](C)O2)Oc2ccc(cc2Cl)[C@H]1O. The number of phenolic OH excluding ortho intramolecular Hbond substituents is 3. The van der Waals surface area contributed by atoms with Gasteiger partial charge in [-0.15, -0.1) is 0 Å². The first kappa shape index (κ1) is 74.5. The van der Waals surface area contributed by atoms with E-state index in [1.807, 2.05) is 13.8 Å². The Kier molecular flexibility index (Phi) is 22.2. The average molecular weight is 1450 g/mol. The number of aliphatic carboxylic acids is 1. The number of phenols is 3. The lowest BCUT2D eigenvalue weighted by molar-refractivity contribution is -0.333. The predicted octanol–water partition coefficient (Wildman–Crippen LogP) is 0.106. The minimum atomic E-state index is -2.35. The zero-order valence-electron chi connectivity index (χ0n) is 54.3. The van der Waals surface area contributed by atoms with Crippen molar-refractivity contribution in [3.63, 3.8) is 0 Å². The van der Waals surface area contributed by atoms with Crippen LogP contribution in [0.25, 0.3) is 11.1 Å². The number of benzene rings is 5. The highest BCUT2D eigenvalue weighted by Gasteiger charge is 2.51. The van der Waals surface area contributed by atoms with Crippen molar-refractivity contribution in [2.75, 3.05) is 13.7 Å². The van der Waals surface area contributed by atoms with Gasteiger partial charge in [0, 0.05) is 34.7 Å². The monoisotopic (exact) mass is 1450 g/mol. The minimum Gasteiger partial charge on any atom is -0.508 e. The number of halogens is 2. The van der Waals surface area contributed by atoms with Crippen molar-refractivity contribution < 1.29 is 118 Å². The number of carboxylic acid groups (broad SMARTS) is 1. The lowest BCUT2D eigenvalue weighted by Crippen LogP contribution is -2.64. The van der Waals surface area contributed by atoms with Crippen LogP contribution >= 0.6 is 23.2 Å².